The van der Waals surface area contributed by atoms with E-state index in [2.05, 4.69) is 28.9 Å². The summed E-state index contributed by atoms with van der Waals surface area (Å²) < 4.78 is 0. The molecule has 2 atom stereocenters. The molecule has 3 nitrogen and oxygen atoms in total. The number of phenolic OH excluding ortho intramolecular Hbond substituents is 1. The van der Waals surface area contributed by atoms with Gasteiger partial charge in [0.1, 0.15) is 5.75 Å². The Morgan fingerprint density at radius 3 is 2.95 bits per heavy atom. The number of nitrogens with zero attached hydrogens (tertiary/aromatic N) is 2. The SMILES string of the molecule is C[C@@H]1C[C@H](c2cccnc2)N(Cc2cccc(O)c2)C1. The second-order valence-electron chi connectivity index (χ2n) is 5.74. The summed E-state index contributed by atoms with van der Waals surface area (Å²) in [5.41, 5.74) is 2.45. The number of pyridine rings is 1. The third-order valence-electron chi connectivity index (χ3n) is 3.98. The van der Waals surface area contributed by atoms with Crippen LogP contribution in [0.1, 0.15) is 30.5 Å². The van der Waals surface area contributed by atoms with Crippen molar-refractivity contribution in [1.29, 1.82) is 0 Å². The van der Waals surface area contributed by atoms with Gasteiger partial charge in [-0.05, 0) is 41.7 Å². The summed E-state index contributed by atoms with van der Waals surface area (Å²) in [4.78, 5) is 6.73. The van der Waals surface area contributed by atoms with Crippen LogP contribution in [0.2, 0.25) is 0 Å². The zero-order chi connectivity index (χ0) is 13.9. The summed E-state index contributed by atoms with van der Waals surface area (Å²) in [7, 11) is 0. The van der Waals surface area contributed by atoms with Crippen LogP contribution in [0.3, 0.4) is 0 Å². The highest BCUT2D eigenvalue weighted by Crippen LogP contribution is 2.36. The molecule has 1 aliphatic heterocycles. The first kappa shape index (κ1) is 13.1. The van der Waals surface area contributed by atoms with E-state index in [0.717, 1.165) is 18.7 Å². The molecular formula is C17H20N2O. The van der Waals surface area contributed by atoms with Crippen LogP contribution in [-0.4, -0.2) is 21.5 Å². The molecule has 0 spiro atoms. The van der Waals surface area contributed by atoms with E-state index in [-0.39, 0.29) is 0 Å². The van der Waals surface area contributed by atoms with Crippen LogP contribution in [0.15, 0.2) is 48.8 Å². The summed E-state index contributed by atoms with van der Waals surface area (Å²) >= 11 is 0. The monoisotopic (exact) mass is 268 g/mol. The second kappa shape index (κ2) is 5.63. The Kier molecular flexibility index (Phi) is 3.70. The van der Waals surface area contributed by atoms with Gasteiger partial charge in [-0.15, -0.1) is 0 Å². The number of aromatic nitrogens is 1. The predicted molar refractivity (Wildman–Crippen MR) is 79.3 cm³/mol. The normalized spacial score (nSPS) is 23.1. The molecule has 20 heavy (non-hydrogen) atoms. The zero-order valence-corrected chi connectivity index (χ0v) is 11.7. The van der Waals surface area contributed by atoms with Gasteiger partial charge >= 0.3 is 0 Å². The summed E-state index contributed by atoms with van der Waals surface area (Å²) in [5.74, 6) is 1.03. The average Bonchev–Trinajstić information content (AvgIpc) is 2.80. The van der Waals surface area contributed by atoms with E-state index in [4.69, 9.17) is 0 Å². The van der Waals surface area contributed by atoms with Gasteiger partial charge in [0.15, 0.2) is 0 Å². The van der Waals surface area contributed by atoms with Gasteiger partial charge in [-0.25, -0.2) is 0 Å². The van der Waals surface area contributed by atoms with Crippen molar-refractivity contribution in [2.24, 2.45) is 5.92 Å². The first-order valence-corrected chi connectivity index (χ1v) is 7.14. The van der Waals surface area contributed by atoms with E-state index in [0.29, 0.717) is 17.7 Å². The summed E-state index contributed by atoms with van der Waals surface area (Å²) in [5, 5.41) is 9.59. The van der Waals surface area contributed by atoms with Crippen LogP contribution in [-0.2, 0) is 6.54 Å². The third kappa shape index (κ3) is 2.83. The summed E-state index contributed by atoms with van der Waals surface area (Å²) in [6.45, 7) is 4.26. The Hall–Kier alpha value is -1.87. The molecule has 1 N–H and O–H groups in total. The van der Waals surface area contributed by atoms with Crippen LogP contribution >= 0.6 is 0 Å². The lowest BCUT2D eigenvalue weighted by molar-refractivity contribution is 0.245. The molecule has 1 aromatic carbocycles. The topological polar surface area (TPSA) is 36.4 Å². The maximum Gasteiger partial charge on any atom is 0.115 e. The smallest absolute Gasteiger partial charge is 0.115 e. The Balaban J connectivity index is 1.80. The lowest BCUT2D eigenvalue weighted by atomic mass is 10.0. The molecule has 2 aromatic rings. The largest absolute Gasteiger partial charge is 0.508 e. The fourth-order valence-electron chi connectivity index (χ4n) is 3.12. The van der Waals surface area contributed by atoms with Crippen molar-refractivity contribution in [2.75, 3.05) is 6.54 Å². The van der Waals surface area contributed by atoms with Gasteiger partial charge in [0.25, 0.3) is 0 Å². The average molecular weight is 268 g/mol. The van der Waals surface area contributed by atoms with Crippen LogP contribution in [0, 0.1) is 5.92 Å². The molecule has 0 bridgehead atoms. The van der Waals surface area contributed by atoms with Crippen LogP contribution in [0.4, 0.5) is 0 Å². The summed E-state index contributed by atoms with van der Waals surface area (Å²) in [6, 6.07) is 12.1. The molecule has 3 rings (SSSR count). The molecule has 0 unspecified atom stereocenters. The highest BCUT2D eigenvalue weighted by Gasteiger charge is 2.30. The Morgan fingerprint density at radius 2 is 2.20 bits per heavy atom. The van der Waals surface area contributed by atoms with E-state index in [1.807, 2.05) is 30.6 Å². The number of rotatable bonds is 3. The van der Waals surface area contributed by atoms with Gasteiger partial charge in [0, 0.05) is 31.5 Å². The highest BCUT2D eigenvalue weighted by molar-refractivity contribution is 5.27. The van der Waals surface area contributed by atoms with Gasteiger partial charge in [0.2, 0.25) is 0 Å². The fourth-order valence-corrected chi connectivity index (χ4v) is 3.12. The highest BCUT2D eigenvalue weighted by atomic mass is 16.3. The van der Waals surface area contributed by atoms with Crippen molar-refractivity contribution in [2.45, 2.75) is 25.9 Å². The second-order valence-corrected chi connectivity index (χ2v) is 5.74. The van der Waals surface area contributed by atoms with Crippen molar-refractivity contribution >= 4 is 0 Å². The Labute approximate surface area is 119 Å². The molecule has 1 fully saturated rings. The first-order valence-electron chi connectivity index (χ1n) is 7.14. The van der Waals surface area contributed by atoms with Crippen molar-refractivity contribution in [1.82, 2.24) is 9.88 Å². The van der Waals surface area contributed by atoms with E-state index in [9.17, 15) is 5.11 Å². The van der Waals surface area contributed by atoms with Crippen molar-refractivity contribution in [3.63, 3.8) is 0 Å². The number of aromatic hydroxyl groups is 1. The summed E-state index contributed by atoms with van der Waals surface area (Å²) in [6.07, 6.45) is 4.96. The van der Waals surface area contributed by atoms with Gasteiger partial charge in [-0.3, -0.25) is 9.88 Å². The van der Waals surface area contributed by atoms with Crippen LogP contribution < -0.4 is 0 Å². The quantitative estimate of drug-likeness (QED) is 0.927. The van der Waals surface area contributed by atoms with Crippen LogP contribution in [0.5, 0.6) is 5.75 Å². The van der Waals surface area contributed by atoms with E-state index >= 15 is 0 Å². The molecule has 1 aliphatic rings. The Morgan fingerprint density at radius 1 is 1.30 bits per heavy atom. The standard InChI is InChI=1S/C17H20N2O/c1-13-8-17(15-5-3-7-18-10-15)19(11-13)12-14-4-2-6-16(20)9-14/h2-7,9-10,13,17,20H,8,11-12H2,1H3/t13-,17-/m1/s1. The molecule has 104 valence electrons. The number of hydrogen-bond donors (Lipinski definition) is 1. The van der Waals surface area contributed by atoms with Gasteiger partial charge in [-0.1, -0.05) is 25.1 Å². The molecule has 1 aromatic heterocycles. The van der Waals surface area contributed by atoms with Crippen LogP contribution in [0.25, 0.3) is 0 Å². The van der Waals surface area contributed by atoms with E-state index in [1.54, 1.807) is 6.07 Å². The maximum atomic E-state index is 9.59. The molecule has 2 heterocycles. The van der Waals surface area contributed by atoms with Gasteiger partial charge < -0.3 is 5.11 Å². The van der Waals surface area contributed by atoms with E-state index < -0.39 is 0 Å². The zero-order valence-electron chi connectivity index (χ0n) is 11.7. The number of phenols is 1. The lowest BCUT2D eigenvalue weighted by Gasteiger charge is -2.24. The fraction of sp³-hybridized carbons (Fsp3) is 0.353. The molecule has 0 saturated carbocycles. The van der Waals surface area contributed by atoms with Gasteiger partial charge in [0.05, 0.1) is 0 Å². The number of hydrogen-bond acceptors (Lipinski definition) is 3. The number of likely N-dealkylation sites (tertiary alicyclic amines) is 1. The predicted octanol–water partition coefficient (Wildman–Crippen LogP) is 3.37. The van der Waals surface area contributed by atoms with Crippen molar-refractivity contribution < 1.29 is 5.11 Å². The number of benzene rings is 1. The maximum absolute atomic E-state index is 9.59. The lowest BCUT2D eigenvalue weighted by Crippen LogP contribution is -2.23. The van der Waals surface area contributed by atoms with E-state index in [1.165, 1.54) is 12.0 Å². The first-order chi connectivity index (χ1) is 9.72. The minimum atomic E-state index is 0.340. The molecule has 0 aliphatic carbocycles. The van der Waals surface area contributed by atoms with Crippen molar-refractivity contribution in [3.8, 4) is 5.75 Å². The molecule has 0 radical (unpaired) electrons. The van der Waals surface area contributed by atoms with Crippen molar-refractivity contribution in [3.05, 3.63) is 59.9 Å². The Bertz CT molecular complexity index is 570. The minimum absolute atomic E-state index is 0.340. The molecule has 1 saturated heterocycles. The molecule has 0 amide bonds. The molecule has 3 heteroatoms. The van der Waals surface area contributed by atoms with Gasteiger partial charge in [-0.2, -0.15) is 0 Å². The minimum Gasteiger partial charge on any atom is -0.508 e. The molecular weight excluding hydrogens is 248 g/mol. The third-order valence-corrected chi connectivity index (χ3v) is 3.98.